The van der Waals surface area contributed by atoms with Gasteiger partial charge in [-0.15, -0.1) is 0 Å². The zero-order valence-corrected chi connectivity index (χ0v) is 12.4. The van der Waals surface area contributed by atoms with Crippen molar-refractivity contribution in [3.8, 4) is 0 Å². The molecule has 0 aromatic rings. The van der Waals surface area contributed by atoms with Crippen molar-refractivity contribution in [3.63, 3.8) is 0 Å². The first-order valence-electron chi connectivity index (χ1n) is 7.20. The topological polar surface area (TPSA) is 57.6 Å². The number of rotatable bonds is 4. The van der Waals surface area contributed by atoms with Gasteiger partial charge in [-0.1, -0.05) is 19.8 Å². The summed E-state index contributed by atoms with van der Waals surface area (Å²) in [7, 11) is 0. The minimum Gasteiger partial charge on any atom is -0.481 e. The summed E-state index contributed by atoms with van der Waals surface area (Å²) in [6.07, 6.45) is 5.18. The van der Waals surface area contributed by atoms with Crippen molar-refractivity contribution in [1.82, 2.24) is 4.90 Å². The van der Waals surface area contributed by atoms with E-state index in [-0.39, 0.29) is 23.8 Å². The number of nitrogens with zero attached hydrogens (tertiary/aromatic N) is 1. The number of carbonyl (C=O) groups is 2. The quantitative estimate of drug-likeness (QED) is 0.861. The minimum atomic E-state index is -0.803. The van der Waals surface area contributed by atoms with E-state index in [1.165, 1.54) is 0 Å². The fourth-order valence-corrected chi connectivity index (χ4v) is 4.43. The summed E-state index contributed by atoms with van der Waals surface area (Å²) in [4.78, 5) is 25.7. The van der Waals surface area contributed by atoms with Gasteiger partial charge < -0.3 is 10.0 Å². The molecule has 1 amide bonds. The number of carbonyl (C=O) groups excluding carboxylic acids is 1. The maximum Gasteiger partial charge on any atom is 0.305 e. The van der Waals surface area contributed by atoms with E-state index in [4.69, 9.17) is 5.11 Å². The molecule has 2 aliphatic rings. The van der Waals surface area contributed by atoms with Gasteiger partial charge in [0.25, 0.3) is 0 Å². The van der Waals surface area contributed by atoms with E-state index in [0.29, 0.717) is 6.54 Å². The van der Waals surface area contributed by atoms with Crippen molar-refractivity contribution < 1.29 is 14.7 Å². The summed E-state index contributed by atoms with van der Waals surface area (Å²) in [5.41, 5.74) is -0.196. The summed E-state index contributed by atoms with van der Waals surface area (Å²) >= 11 is 1.76. The molecule has 0 spiro atoms. The third-order valence-electron chi connectivity index (χ3n) is 4.59. The fourth-order valence-electron chi connectivity index (χ4n) is 3.37. The highest BCUT2D eigenvalue weighted by atomic mass is 32.2. The highest BCUT2D eigenvalue weighted by Gasteiger charge is 2.44. The maximum absolute atomic E-state index is 12.9. The van der Waals surface area contributed by atoms with Crippen LogP contribution in [0.1, 0.15) is 45.4 Å². The van der Waals surface area contributed by atoms with E-state index >= 15 is 0 Å². The highest BCUT2D eigenvalue weighted by molar-refractivity contribution is 7.99. The molecule has 2 rings (SSSR count). The van der Waals surface area contributed by atoms with Gasteiger partial charge in [0.1, 0.15) is 0 Å². The van der Waals surface area contributed by atoms with Crippen LogP contribution in [0.25, 0.3) is 0 Å². The second kappa shape index (κ2) is 6.16. The lowest BCUT2D eigenvalue weighted by Gasteiger charge is -2.40. The molecule has 1 unspecified atom stereocenters. The van der Waals surface area contributed by atoms with Gasteiger partial charge in [-0.25, -0.2) is 0 Å². The Morgan fingerprint density at radius 2 is 2.05 bits per heavy atom. The third-order valence-corrected chi connectivity index (χ3v) is 5.68. The molecule has 1 heterocycles. The van der Waals surface area contributed by atoms with E-state index in [1.54, 1.807) is 11.8 Å². The zero-order chi connectivity index (χ0) is 13.9. The zero-order valence-electron chi connectivity index (χ0n) is 11.6. The molecule has 4 nitrogen and oxygen atoms in total. The van der Waals surface area contributed by atoms with Crippen molar-refractivity contribution in [3.05, 3.63) is 0 Å². The van der Waals surface area contributed by atoms with Gasteiger partial charge in [0.2, 0.25) is 5.91 Å². The molecule has 0 bridgehead atoms. The monoisotopic (exact) mass is 285 g/mol. The van der Waals surface area contributed by atoms with Crippen LogP contribution in [0, 0.1) is 5.41 Å². The van der Waals surface area contributed by atoms with Gasteiger partial charge >= 0.3 is 5.97 Å². The van der Waals surface area contributed by atoms with Crippen LogP contribution in [0.2, 0.25) is 0 Å². The van der Waals surface area contributed by atoms with Gasteiger partial charge in [-0.3, -0.25) is 9.59 Å². The predicted molar refractivity (Wildman–Crippen MR) is 76.3 cm³/mol. The molecule has 1 aliphatic carbocycles. The van der Waals surface area contributed by atoms with Crippen molar-refractivity contribution in [2.24, 2.45) is 5.41 Å². The lowest BCUT2D eigenvalue weighted by atomic mass is 9.81. The number of thioether (sulfide) groups is 1. The molecule has 1 N–H and O–H groups in total. The highest BCUT2D eigenvalue weighted by Crippen LogP contribution is 2.43. The van der Waals surface area contributed by atoms with Crippen LogP contribution in [0.3, 0.4) is 0 Å². The molecule has 1 aliphatic heterocycles. The average Bonchev–Trinajstić information content (AvgIpc) is 2.88. The van der Waals surface area contributed by atoms with Crippen molar-refractivity contribution in [1.29, 1.82) is 0 Å². The smallest absolute Gasteiger partial charge is 0.305 e. The molecule has 1 saturated heterocycles. The molecule has 1 saturated carbocycles. The Balaban J connectivity index is 2.12. The van der Waals surface area contributed by atoms with Crippen LogP contribution < -0.4 is 0 Å². The summed E-state index contributed by atoms with van der Waals surface area (Å²) in [6, 6.07) is -0.118. The Labute approximate surface area is 118 Å². The summed E-state index contributed by atoms with van der Waals surface area (Å²) < 4.78 is 0. The van der Waals surface area contributed by atoms with Crippen LogP contribution in [0.4, 0.5) is 0 Å². The number of hydrogen-bond acceptors (Lipinski definition) is 3. The van der Waals surface area contributed by atoms with E-state index in [1.807, 2.05) is 4.90 Å². The summed E-state index contributed by atoms with van der Waals surface area (Å²) in [5.74, 6) is 1.11. The minimum absolute atomic E-state index is 0.0819. The number of aliphatic carboxylic acids is 1. The van der Waals surface area contributed by atoms with Crippen molar-refractivity contribution in [2.45, 2.75) is 51.5 Å². The first-order valence-corrected chi connectivity index (χ1v) is 8.35. The molecule has 2 fully saturated rings. The van der Waals surface area contributed by atoms with Gasteiger partial charge in [0, 0.05) is 23.5 Å². The Morgan fingerprint density at radius 1 is 1.37 bits per heavy atom. The number of carboxylic acids is 1. The predicted octanol–water partition coefficient (Wildman–Crippen LogP) is 2.38. The first-order chi connectivity index (χ1) is 9.09. The molecule has 1 atom stereocenters. The third kappa shape index (κ3) is 3.07. The second-order valence-corrected chi connectivity index (χ2v) is 6.82. The number of carboxylic acid groups (broad SMARTS) is 1. The summed E-state index contributed by atoms with van der Waals surface area (Å²) in [6.45, 7) is 2.80. The number of hydrogen-bond donors (Lipinski definition) is 1. The van der Waals surface area contributed by atoms with Gasteiger partial charge in [-0.2, -0.15) is 11.8 Å². The summed E-state index contributed by atoms with van der Waals surface area (Å²) in [5, 5.41) is 9.00. The molecule has 108 valence electrons. The molecule has 0 radical (unpaired) electrons. The van der Waals surface area contributed by atoms with Crippen molar-refractivity contribution in [2.75, 3.05) is 18.1 Å². The first kappa shape index (κ1) is 14.7. The normalized spacial score (nSPS) is 26.4. The molecular weight excluding hydrogens is 262 g/mol. The standard InChI is InChI=1S/C14H23NO3S/c1-2-14(5-3-4-6-14)13(18)15-7-8-19-10-11(15)9-12(16)17/h11H,2-10H2,1H3,(H,16,17). The van der Waals surface area contributed by atoms with Gasteiger partial charge in [0.05, 0.1) is 12.5 Å². The molecule has 0 aromatic carbocycles. The lowest BCUT2D eigenvalue weighted by molar-refractivity contribution is -0.146. The Morgan fingerprint density at radius 3 is 2.63 bits per heavy atom. The van der Waals surface area contributed by atoms with E-state index in [0.717, 1.165) is 43.6 Å². The van der Waals surface area contributed by atoms with Crippen LogP contribution >= 0.6 is 11.8 Å². The Bertz CT molecular complexity index is 353. The molecule has 0 aromatic heterocycles. The fraction of sp³-hybridized carbons (Fsp3) is 0.857. The SMILES string of the molecule is CCC1(C(=O)N2CCSCC2CC(=O)O)CCCC1. The van der Waals surface area contributed by atoms with E-state index < -0.39 is 5.97 Å². The number of amides is 1. The lowest BCUT2D eigenvalue weighted by Crippen LogP contribution is -2.52. The van der Waals surface area contributed by atoms with E-state index in [9.17, 15) is 9.59 Å². The van der Waals surface area contributed by atoms with Crippen LogP contribution in [0.5, 0.6) is 0 Å². The van der Waals surface area contributed by atoms with Crippen LogP contribution in [-0.4, -0.2) is 46.0 Å². The molecule has 19 heavy (non-hydrogen) atoms. The van der Waals surface area contributed by atoms with Crippen LogP contribution in [0.15, 0.2) is 0 Å². The second-order valence-electron chi connectivity index (χ2n) is 5.67. The largest absolute Gasteiger partial charge is 0.481 e. The van der Waals surface area contributed by atoms with Gasteiger partial charge in [0.15, 0.2) is 0 Å². The maximum atomic E-state index is 12.9. The van der Waals surface area contributed by atoms with E-state index in [2.05, 4.69) is 6.92 Å². The molecule has 5 heteroatoms. The van der Waals surface area contributed by atoms with Gasteiger partial charge in [-0.05, 0) is 19.3 Å². The Kier molecular flexibility index (Phi) is 4.76. The average molecular weight is 285 g/mol. The molecular formula is C14H23NO3S. The van der Waals surface area contributed by atoms with Crippen molar-refractivity contribution >= 4 is 23.6 Å². The Hall–Kier alpha value is -0.710. The van der Waals surface area contributed by atoms with Crippen LogP contribution in [-0.2, 0) is 9.59 Å².